The zero-order chi connectivity index (χ0) is 26.2. The fourth-order valence-electron chi connectivity index (χ4n) is 3.56. The zero-order valence-electron chi connectivity index (χ0n) is 20.8. The predicted octanol–water partition coefficient (Wildman–Crippen LogP) is 3.84. The van der Waals surface area contributed by atoms with E-state index in [2.05, 4.69) is 5.32 Å². The van der Waals surface area contributed by atoms with Gasteiger partial charge in [-0.2, -0.15) is 0 Å². The molecule has 2 aromatic rings. The maximum Gasteiger partial charge on any atom is 0.244 e. The molecule has 1 N–H and O–H groups in total. The predicted molar refractivity (Wildman–Crippen MR) is 139 cm³/mol. The summed E-state index contributed by atoms with van der Waals surface area (Å²) in [5, 5.41) is 3.16. The number of methoxy groups -OCH3 is 1. The Morgan fingerprint density at radius 3 is 2.26 bits per heavy atom. The van der Waals surface area contributed by atoms with E-state index in [1.165, 1.54) is 30.2 Å². The second kappa shape index (κ2) is 12.8. The summed E-state index contributed by atoms with van der Waals surface area (Å²) in [4.78, 5) is 28.1. The van der Waals surface area contributed by atoms with Gasteiger partial charge in [0.25, 0.3) is 0 Å². The number of rotatable bonds is 12. The average Bonchev–Trinajstić information content (AvgIpc) is 2.82. The molecule has 0 heterocycles. The van der Waals surface area contributed by atoms with Crippen LogP contribution in [0.2, 0.25) is 5.02 Å². The summed E-state index contributed by atoms with van der Waals surface area (Å²) in [6, 6.07) is 12.9. The summed E-state index contributed by atoms with van der Waals surface area (Å²) in [6.45, 7) is 5.35. The summed E-state index contributed by atoms with van der Waals surface area (Å²) in [5.74, 6) is -0.393. The number of benzene rings is 2. The van der Waals surface area contributed by atoms with Gasteiger partial charge in [0.2, 0.25) is 21.8 Å². The van der Waals surface area contributed by atoms with E-state index in [0.29, 0.717) is 12.2 Å². The van der Waals surface area contributed by atoms with Gasteiger partial charge in [-0.1, -0.05) is 55.8 Å². The summed E-state index contributed by atoms with van der Waals surface area (Å²) in [5.41, 5.74) is 1.05. The molecular formula is C25H34ClN3O5S. The third kappa shape index (κ3) is 7.86. The van der Waals surface area contributed by atoms with Gasteiger partial charge in [0.15, 0.2) is 0 Å². The van der Waals surface area contributed by atoms with Crippen LogP contribution in [0.25, 0.3) is 0 Å². The van der Waals surface area contributed by atoms with Crippen molar-refractivity contribution in [1.82, 2.24) is 10.2 Å². The lowest BCUT2D eigenvalue weighted by atomic mass is 10.1. The normalized spacial score (nSPS) is 13.0. The molecule has 10 heteroatoms. The van der Waals surface area contributed by atoms with Crippen molar-refractivity contribution < 1.29 is 22.7 Å². The van der Waals surface area contributed by atoms with Crippen molar-refractivity contribution in [2.24, 2.45) is 0 Å². The van der Waals surface area contributed by atoms with E-state index in [9.17, 15) is 18.0 Å². The molecule has 0 unspecified atom stereocenters. The van der Waals surface area contributed by atoms with Gasteiger partial charge in [0, 0.05) is 12.6 Å². The van der Waals surface area contributed by atoms with Gasteiger partial charge in [0.1, 0.15) is 18.3 Å². The highest BCUT2D eigenvalue weighted by Crippen LogP contribution is 2.30. The van der Waals surface area contributed by atoms with Crippen LogP contribution in [0.5, 0.6) is 5.75 Å². The van der Waals surface area contributed by atoms with Crippen molar-refractivity contribution >= 4 is 39.1 Å². The molecular weight excluding hydrogens is 490 g/mol. The topological polar surface area (TPSA) is 96.0 Å². The van der Waals surface area contributed by atoms with E-state index >= 15 is 0 Å². The fraction of sp³-hybridized carbons (Fsp3) is 0.440. The van der Waals surface area contributed by atoms with E-state index in [1.807, 2.05) is 51.1 Å². The minimum Gasteiger partial charge on any atom is -0.495 e. The number of ether oxygens (including phenoxy) is 1. The van der Waals surface area contributed by atoms with Crippen LogP contribution in [0, 0.1) is 0 Å². The second-order valence-electron chi connectivity index (χ2n) is 8.34. The van der Waals surface area contributed by atoms with Crippen LogP contribution in [0.4, 0.5) is 5.69 Å². The number of carbonyl (C=O) groups excluding carboxylic acids is 2. The number of nitrogens with zero attached hydrogens (tertiary/aromatic N) is 2. The van der Waals surface area contributed by atoms with Crippen LogP contribution in [-0.4, -0.2) is 57.1 Å². The minimum atomic E-state index is -3.85. The number of hydrogen-bond acceptors (Lipinski definition) is 5. The molecule has 0 saturated heterocycles. The first-order chi connectivity index (χ1) is 16.5. The molecule has 0 spiro atoms. The molecule has 2 amide bonds. The summed E-state index contributed by atoms with van der Waals surface area (Å²) in [7, 11) is -2.39. The summed E-state index contributed by atoms with van der Waals surface area (Å²) in [6.07, 6.45) is 2.13. The smallest absolute Gasteiger partial charge is 0.244 e. The Morgan fingerprint density at radius 2 is 1.74 bits per heavy atom. The van der Waals surface area contributed by atoms with E-state index in [4.69, 9.17) is 16.3 Å². The molecule has 0 bridgehead atoms. The minimum absolute atomic E-state index is 0.0563. The van der Waals surface area contributed by atoms with E-state index in [1.54, 1.807) is 0 Å². The molecule has 0 saturated carbocycles. The third-order valence-corrected chi connectivity index (χ3v) is 7.12. The summed E-state index contributed by atoms with van der Waals surface area (Å²) >= 11 is 6.21. The van der Waals surface area contributed by atoms with Gasteiger partial charge < -0.3 is 15.0 Å². The van der Waals surface area contributed by atoms with Gasteiger partial charge in [-0.15, -0.1) is 0 Å². The molecule has 0 aromatic heterocycles. The molecule has 35 heavy (non-hydrogen) atoms. The third-order valence-electron chi connectivity index (χ3n) is 5.69. The maximum absolute atomic E-state index is 13.6. The number of nitrogens with one attached hydrogen (secondary N) is 1. The van der Waals surface area contributed by atoms with Crippen LogP contribution in [0.3, 0.4) is 0 Å². The Hall–Kier alpha value is -2.78. The Kier molecular flexibility index (Phi) is 10.4. The van der Waals surface area contributed by atoms with Crippen molar-refractivity contribution in [1.29, 1.82) is 0 Å². The van der Waals surface area contributed by atoms with Crippen molar-refractivity contribution in [2.75, 3.05) is 24.2 Å². The highest BCUT2D eigenvalue weighted by atomic mass is 35.5. The standard InChI is InChI=1S/C25H34ClN3O5S/c1-6-18(3)27-25(31)22(7-2)28(16-19-11-9-8-10-12-19)24(30)17-29(35(5,32)33)20-13-14-23(34-4)21(26)15-20/h8-15,18,22H,6-7,16-17H2,1-5H3,(H,27,31)/t18-,22-/m0/s1. The van der Waals surface area contributed by atoms with Gasteiger partial charge >= 0.3 is 0 Å². The summed E-state index contributed by atoms with van der Waals surface area (Å²) < 4.78 is 31.5. The van der Waals surface area contributed by atoms with E-state index < -0.39 is 28.5 Å². The number of carbonyl (C=O) groups is 2. The quantitative estimate of drug-likeness (QED) is 0.456. The first-order valence-corrected chi connectivity index (χ1v) is 13.7. The lowest BCUT2D eigenvalue weighted by molar-refractivity contribution is -0.140. The van der Waals surface area contributed by atoms with Crippen molar-refractivity contribution in [2.45, 2.75) is 52.2 Å². The number of anilines is 1. The highest BCUT2D eigenvalue weighted by Gasteiger charge is 2.32. The SMILES string of the molecule is CC[C@H](C)NC(=O)[C@H](CC)N(Cc1ccccc1)C(=O)CN(c1ccc(OC)c(Cl)c1)S(C)(=O)=O. The molecule has 2 aromatic carbocycles. The highest BCUT2D eigenvalue weighted by molar-refractivity contribution is 7.92. The molecule has 0 aliphatic heterocycles. The molecule has 0 fully saturated rings. The number of halogens is 1. The van der Waals surface area contributed by atoms with Crippen LogP contribution in [0.1, 0.15) is 39.2 Å². The van der Waals surface area contributed by atoms with E-state index in [-0.39, 0.29) is 29.2 Å². The maximum atomic E-state index is 13.6. The molecule has 2 rings (SSSR count). The number of amides is 2. The number of sulfonamides is 1. The monoisotopic (exact) mass is 523 g/mol. The van der Waals surface area contributed by atoms with Crippen molar-refractivity contribution in [3.05, 3.63) is 59.1 Å². The molecule has 192 valence electrons. The van der Waals surface area contributed by atoms with Gasteiger partial charge in [-0.05, 0) is 43.5 Å². The van der Waals surface area contributed by atoms with Gasteiger partial charge in [-0.3, -0.25) is 13.9 Å². The lowest BCUT2D eigenvalue weighted by Gasteiger charge is -2.33. The largest absolute Gasteiger partial charge is 0.495 e. The van der Waals surface area contributed by atoms with Crippen molar-refractivity contribution in [3.63, 3.8) is 0 Å². The average molecular weight is 524 g/mol. The van der Waals surface area contributed by atoms with Gasteiger partial charge in [-0.25, -0.2) is 8.42 Å². The van der Waals surface area contributed by atoms with Crippen LogP contribution >= 0.6 is 11.6 Å². The molecule has 0 aliphatic carbocycles. The lowest BCUT2D eigenvalue weighted by Crippen LogP contribution is -2.53. The van der Waals surface area contributed by atoms with E-state index in [0.717, 1.165) is 22.5 Å². The first-order valence-electron chi connectivity index (χ1n) is 11.5. The van der Waals surface area contributed by atoms with Gasteiger partial charge in [0.05, 0.1) is 24.1 Å². The Bertz CT molecular complexity index is 1110. The van der Waals surface area contributed by atoms with Crippen molar-refractivity contribution in [3.8, 4) is 5.75 Å². The van der Waals surface area contributed by atoms with Crippen LogP contribution in [0.15, 0.2) is 48.5 Å². The van der Waals surface area contributed by atoms with Crippen LogP contribution < -0.4 is 14.4 Å². The number of hydrogen-bond donors (Lipinski definition) is 1. The molecule has 0 aliphatic rings. The van der Waals surface area contributed by atoms with Crippen LogP contribution in [-0.2, 0) is 26.2 Å². The molecule has 0 radical (unpaired) electrons. The molecule has 8 nitrogen and oxygen atoms in total. The Labute approximate surface area is 213 Å². The first kappa shape index (κ1) is 28.5. The molecule has 2 atom stereocenters. The fourth-order valence-corrected chi connectivity index (χ4v) is 4.66. The zero-order valence-corrected chi connectivity index (χ0v) is 22.4. The Balaban J connectivity index is 2.44. The Morgan fingerprint density at radius 1 is 1.09 bits per heavy atom. The second-order valence-corrected chi connectivity index (χ2v) is 10.7.